The maximum Gasteiger partial charge on any atom is 1.00 e. The van der Waals surface area contributed by atoms with Crippen molar-refractivity contribution < 1.29 is 44.3 Å². The summed E-state index contributed by atoms with van der Waals surface area (Å²) in [5, 5.41) is 13.8. The van der Waals surface area contributed by atoms with E-state index in [2.05, 4.69) is 42.0 Å². The van der Waals surface area contributed by atoms with Crippen LogP contribution in [-0.2, 0) is 5.41 Å². The van der Waals surface area contributed by atoms with Crippen LogP contribution in [0.25, 0.3) is 0 Å². The van der Waals surface area contributed by atoms with E-state index in [4.69, 9.17) is 0 Å². The molecule has 0 aromatic heterocycles. The molecular weight excluding hydrogens is 381 g/mol. The summed E-state index contributed by atoms with van der Waals surface area (Å²) in [6.45, 7) is 6.28. The fourth-order valence-corrected chi connectivity index (χ4v) is 2.47. The molecule has 2 rings (SSSR count). The van der Waals surface area contributed by atoms with Crippen LogP contribution in [0.1, 0.15) is 47.1 Å². The van der Waals surface area contributed by atoms with Gasteiger partial charge in [-0.3, -0.25) is 4.79 Å². The van der Waals surface area contributed by atoms with Gasteiger partial charge in [-0.05, 0) is 41.3 Å². The van der Waals surface area contributed by atoms with Crippen molar-refractivity contribution >= 4 is 33.5 Å². The Morgan fingerprint density at radius 3 is 2.12 bits per heavy atom. The van der Waals surface area contributed by atoms with Crippen LogP contribution in [0.2, 0.25) is 0 Å². The van der Waals surface area contributed by atoms with Gasteiger partial charge in [0.2, 0.25) is 0 Å². The first-order valence-electron chi connectivity index (χ1n) is 7.11. The molecule has 1 amide bonds. The zero-order valence-corrected chi connectivity index (χ0v) is 17.7. The van der Waals surface area contributed by atoms with E-state index in [0.717, 1.165) is 5.56 Å². The molecule has 2 aromatic carbocycles. The van der Waals surface area contributed by atoms with E-state index in [0.29, 0.717) is 10.0 Å². The molecule has 0 aliphatic rings. The zero-order valence-electron chi connectivity index (χ0n) is 14.1. The average Bonchev–Trinajstić information content (AvgIpc) is 2.48. The fraction of sp³-hybridized carbons (Fsp3) is 0.222. The molecule has 0 aliphatic heterocycles. The van der Waals surface area contributed by atoms with Crippen molar-refractivity contribution in [2.45, 2.75) is 26.2 Å². The van der Waals surface area contributed by atoms with Crippen LogP contribution in [-0.4, -0.2) is 11.9 Å². The number of aromatic carboxylic acids is 1. The first kappa shape index (κ1) is 20.9. The van der Waals surface area contributed by atoms with E-state index in [9.17, 15) is 14.7 Å². The number of hydrogen-bond donors (Lipinski definition) is 1. The number of anilines is 1. The minimum Gasteiger partial charge on any atom is -0.545 e. The summed E-state index contributed by atoms with van der Waals surface area (Å²) in [7, 11) is 0. The predicted octanol–water partition coefficient (Wildman–Crippen LogP) is 0.366. The Labute approximate surface area is 172 Å². The Morgan fingerprint density at radius 1 is 1.04 bits per heavy atom. The molecule has 0 atom stereocenters. The molecule has 0 aliphatic carbocycles. The molecule has 4 nitrogen and oxygen atoms in total. The zero-order chi connectivity index (χ0) is 17.2. The van der Waals surface area contributed by atoms with E-state index in [1.165, 1.54) is 12.1 Å². The van der Waals surface area contributed by atoms with Gasteiger partial charge in [-0.25, -0.2) is 0 Å². The number of hydrogen-bond acceptors (Lipinski definition) is 3. The van der Waals surface area contributed by atoms with Crippen molar-refractivity contribution in [2.24, 2.45) is 0 Å². The Kier molecular flexibility index (Phi) is 7.23. The average molecular weight is 398 g/mol. The third-order valence-electron chi connectivity index (χ3n) is 3.46. The van der Waals surface area contributed by atoms with Gasteiger partial charge < -0.3 is 15.2 Å². The van der Waals surface area contributed by atoms with Crippen LogP contribution in [0.5, 0.6) is 0 Å². The van der Waals surface area contributed by atoms with Gasteiger partial charge >= 0.3 is 29.6 Å². The topological polar surface area (TPSA) is 69.2 Å². The van der Waals surface area contributed by atoms with Crippen LogP contribution in [0.15, 0.2) is 46.9 Å². The Bertz CT molecular complexity index is 752. The molecule has 0 saturated heterocycles. The molecule has 24 heavy (non-hydrogen) atoms. The minimum absolute atomic E-state index is 0. The number of carboxylic acids is 1. The van der Waals surface area contributed by atoms with Crippen molar-refractivity contribution in [3.63, 3.8) is 0 Å². The number of amides is 1. The first-order valence-corrected chi connectivity index (χ1v) is 7.90. The van der Waals surface area contributed by atoms with Gasteiger partial charge in [0.15, 0.2) is 0 Å². The number of carbonyl (C=O) groups is 2. The minimum atomic E-state index is -1.34. The molecule has 0 heterocycles. The van der Waals surface area contributed by atoms with E-state index in [-0.39, 0.29) is 52.1 Å². The summed E-state index contributed by atoms with van der Waals surface area (Å²) < 4.78 is 0.601. The number of carbonyl (C=O) groups excluding carboxylic acids is 2. The third kappa shape index (κ3) is 5.18. The third-order valence-corrected chi connectivity index (χ3v) is 3.96. The normalized spacial score (nSPS) is 10.7. The molecule has 120 valence electrons. The van der Waals surface area contributed by atoms with Crippen molar-refractivity contribution in [3.05, 3.63) is 63.6 Å². The second kappa shape index (κ2) is 8.30. The van der Waals surface area contributed by atoms with Crippen LogP contribution in [0.4, 0.5) is 5.69 Å². The number of rotatable bonds is 3. The predicted molar refractivity (Wildman–Crippen MR) is 91.6 cm³/mol. The second-order valence-corrected chi connectivity index (χ2v) is 7.17. The van der Waals surface area contributed by atoms with Gasteiger partial charge in [0.1, 0.15) is 0 Å². The summed E-state index contributed by atoms with van der Waals surface area (Å²) in [6, 6.07) is 11.8. The van der Waals surface area contributed by atoms with Gasteiger partial charge in [0, 0.05) is 15.6 Å². The summed E-state index contributed by atoms with van der Waals surface area (Å²) in [5.41, 5.74) is 1.72. The molecule has 0 bridgehead atoms. The molecule has 0 fully saturated rings. The number of halogens is 1. The standard InChI is InChI=1S/C18H18BrNO3.Na/c1-18(2,3)12-6-4-11(5-7-12)16(21)20-15-9-8-13(19)10-14(15)17(22)23;/h4-10H,1-3H3,(H,20,21)(H,22,23);/q;+1/p-1. The molecule has 2 aromatic rings. The van der Waals surface area contributed by atoms with Crippen LogP contribution < -0.4 is 40.0 Å². The van der Waals surface area contributed by atoms with Crippen LogP contribution >= 0.6 is 15.9 Å². The quantitative estimate of drug-likeness (QED) is 0.760. The summed E-state index contributed by atoms with van der Waals surface area (Å²) in [5.74, 6) is -1.71. The Hall–Kier alpha value is -1.14. The molecule has 0 unspecified atom stereocenters. The Morgan fingerprint density at radius 2 is 1.62 bits per heavy atom. The van der Waals surface area contributed by atoms with Gasteiger partial charge in [-0.15, -0.1) is 0 Å². The molecular formula is C18H17BrNNaO3. The van der Waals surface area contributed by atoms with Gasteiger partial charge in [0.05, 0.1) is 11.7 Å². The maximum atomic E-state index is 12.3. The van der Waals surface area contributed by atoms with Gasteiger partial charge in [-0.2, -0.15) is 0 Å². The second-order valence-electron chi connectivity index (χ2n) is 6.26. The summed E-state index contributed by atoms with van der Waals surface area (Å²) in [4.78, 5) is 23.5. The van der Waals surface area contributed by atoms with Crippen LogP contribution in [0.3, 0.4) is 0 Å². The molecule has 0 saturated carbocycles. The van der Waals surface area contributed by atoms with Crippen molar-refractivity contribution in [1.82, 2.24) is 0 Å². The largest absolute Gasteiger partial charge is 1.00 e. The summed E-state index contributed by atoms with van der Waals surface area (Å²) >= 11 is 3.20. The Balaban J connectivity index is 0.00000288. The number of carboxylic acid groups (broad SMARTS) is 1. The molecule has 6 heteroatoms. The van der Waals surface area contributed by atoms with Crippen LogP contribution in [0, 0.1) is 0 Å². The number of nitrogens with one attached hydrogen (secondary N) is 1. The van der Waals surface area contributed by atoms with Crippen molar-refractivity contribution in [2.75, 3.05) is 5.32 Å². The SMILES string of the molecule is CC(C)(C)c1ccc(C(=O)Nc2ccc(Br)cc2C(=O)[O-])cc1.[Na+]. The maximum absolute atomic E-state index is 12.3. The van der Waals surface area contributed by atoms with Gasteiger partial charge in [0.25, 0.3) is 5.91 Å². The fourth-order valence-electron chi connectivity index (χ4n) is 2.11. The smallest absolute Gasteiger partial charge is 0.545 e. The molecule has 0 spiro atoms. The van der Waals surface area contributed by atoms with E-state index in [1.807, 2.05) is 12.1 Å². The summed E-state index contributed by atoms with van der Waals surface area (Å²) in [6.07, 6.45) is 0. The van der Waals surface area contributed by atoms with E-state index < -0.39 is 5.97 Å². The van der Waals surface area contributed by atoms with Crippen molar-refractivity contribution in [1.29, 1.82) is 0 Å². The van der Waals surface area contributed by atoms with Gasteiger partial charge in [-0.1, -0.05) is 48.8 Å². The van der Waals surface area contributed by atoms with Crippen molar-refractivity contribution in [3.8, 4) is 0 Å². The number of benzene rings is 2. The first-order chi connectivity index (χ1) is 10.7. The monoisotopic (exact) mass is 397 g/mol. The van der Waals surface area contributed by atoms with E-state index in [1.54, 1.807) is 18.2 Å². The van der Waals surface area contributed by atoms with E-state index >= 15 is 0 Å². The molecule has 1 N–H and O–H groups in total. The molecule has 0 radical (unpaired) electrons.